The van der Waals surface area contributed by atoms with E-state index in [2.05, 4.69) is 22.3 Å². The fraction of sp³-hybridized carbons (Fsp3) is 0.588. The molecular weight excluding hydrogens is 306 g/mol. The Labute approximate surface area is 142 Å². The predicted octanol–water partition coefficient (Wildman–Crippen LogP) is 2.02. The second kappa shape index (κ2) is 7.17. The minimum atomic E-state index is -0.157. The van der Waals surface area contributed by atoms with Crippen LogP contribution in [0.25, 0.3) is 0 Å². The third-order valence-corrected chi connectivity index (χ3v) is 4.53. The molecule has 1 saturated heterocycles. The zero-order valence-electron chi connectivity index (χ0n) is 14.5. The lowest BCUT2D eigenvalue weighted by atomic mass is 9.93. The van der Waals surface area contributed by atoms with Gasteiger partial charge in [-0.3, -0.25) is 9.48 Å². The minimum absolute atomic E-state index is 0.0947. The molecule has 24 heavy (non-hydrogen) atoms. The summed E-state index contributed by atoms with van der Waals surface area (Å²) in [6, 6.07) is -0.157. The molecule has 0 spiro atoms. The van der Waals surface area contributed by atoms with Gasteiger partial charge in [0.15, 0.2) is 0 Å². The van der Waals surface area contributed by atoms with Crippen molar-refractivity contribution in [3.63, 3.8) is 0 Å². The van der Waals surface area contributed by atoms with Gasteiger partial charge in [0.2, 0.25) is 0 Å². The molecule has 1 N–H and O–H groups in total. The highest BCUT2D eigenvalue weighted by Crippen LogP contribution is 2.28. The fourth-order valence-electron chi connectivity index (χ4n) is 3.26. The number of rotatable bonds is 5. The number of carbonyl (C=O) groups excluding carboxylic acids is 1. The van der Waals surface area contributed by atoms with Crippen LogP contribution in [0, 0.1) is 0 Å². The van der Waals surface area contributed by atoms with Gasteiger partial charge in [-0.15, -0.1) is 0 Å². The maximum Gasteiger partial charge on any atom is 0.255 e. The molecule has 0 aliphatic carbocycles. The van der Waals surface area contributed by atoms with E-state index in [1.165, 1.54) is 0 Å². The number of ether oxygens (including phenoxy) is 1. The number of nitrogens with zero attached hydrogens (tertiary/aromatic N) is 4. The van der Waals surface area contributed by atoms with Crippen molar-refractivity contribution in [1.29, 1.82) is 0 Å². The van der Waals surface area contributed by atoms with Crippen molar-refractivity contribution < 1.29 is 9.53 Å². The van der Waals surface area contributed by atoms with Gasteiger partial charge >= 0.3 is 0 Å². The molecule has 1 fully saturated rings. The molecule has 3 heterocycles. The zero-order chi connectivity index (χ0) is 17.1. The van der Waals surface area contributed by atoms with Crippen LogP contribution in [0.1, 0.15) is 60.5 Å². The first-order valence-electron chi connectivity index (χ1n) is 8.53. The van der Waals surface area contributed by atoms with Gasteiger partial charge in [-0.2, -0.15) is 5.10 Å². The molecular formula is C17H25N5O2. The Kier molecular flexibility index (Phi) is 4.99. The van der Waals surface area contributed by atoms with Crippen molar-refractivity contribution in [2.75, 3.05) is 13.2 Å². The van der Waals surface area contributed by atoms with E-state index in [0.29, 0.717) is 5.56 Å². The zero-order valence-corrected chi connectivity index (χ0v) is 14.5. The average Bonchev–Trinajstić information content (AvgIpc) is 3.21. The number of hydrogen-bond donors (Lipinski definition) is 1. The molecule has 1 aliphatic heterocycles. The molecule has 0 saturated carbocycles. The Bertz CT molecular complexity index is 700. The summed E-state index contributed by atoms with van der Waals surface area (Å²) < 4.78 is 9.18. The standard InChI is InChI=1S/C17H25N5O2/c1-4-22-8-7-18-16(22)12(2)19-17(23)14-11-21(3)20-15(14)13-5-9-24-10-6-13/h7-8,11-13H,4-6,9-10H2,1-3H3,(H,19,23). The Morgan fingerprint density at radius 3 is 2.92 bits per heavy atom. The van der Waals surface area contributed by atoms with Crippen LogP contribution in [0.15, 0.2) is 18.6 Å². The van der Waals surface area contributed by atoms with Crippen molar-refractivity contribution in [2.45, 2.75) is 45.2 Å². The summed E-state index contributed by atoms with van der Waals surface area (Å²) in [5, 5.41) is 7.60. The number of aromatic nitrogens is 4. The topological polar surface area (TPSA) is 74.0 Å². The van der Waals surface area contributed by atoms with Crippen LogP contribution in [0.4, 0.5) is 0 Å². The number of hydrogen-bond acceptors (Lipinski definition) is 4. The Hall–Kier alpha value is -2.15. The highest BCUT2D eigenvalue weighted by atomic mass is 16.5. The average molecular weight is 331 g/mol. The number of aryl methyl sites for hydroxylation is 2. The van der Waals surface area contributed by atoms with Gasteiger partial charge in [0.1, 0.15) is 5.82 Å². The second-order valence-corrected chi connectivity index (χ2v) is 6.25. The van der Waals surface area contributed by atoms with E-state index in [1.54, 1.807) is 17.1 Å². The number of carbonyl (C=O) groups is 1. The van der Waals surface area contributed by atoms with Crippen molar-refractivity contribution >= 4 is 5.91 Å². The number of nitrogens with one attached hydrogen (secondary N) is 1. The lowest BCUT2D eigenvalue weighted by Crippen LogP contribution is -2.29. The van der Waals surface area contributed by atoms with Gasteiger partial charge in [-0.1, -0.05) is 0 Å². The first kappa shape index (κ1) is 16.7. The van der Waals surface area contributed by atoms with E-state index in [0.717, 1.165) is 44.1 Å². The molecule has 3 rings (SSSR count). The second-order valence-electron chi connectivity index (χ2n) is 6.25. The quantitative estimate of drug-likeness (QED) is 0.910. The predicted molar refractivity (Wildman–Crippen MR) is 89.8 cm³/mol. The monoisotopic (exact) mass is 331 g/mol. The van der Waals surface area contributed by atoms with Crippen LogP contribution >= 0.6 is 0 Å². The van der Waals surface area contributed by atoms with Gasteiger partial charge in [0.05, 0.1) is 17.3 Å². The highest BCUT2D eigenvalue weighted by Gasteiger charge is 2.26. The van der Waals surface area contributed by atoms with E-state index >= 15 is 0 Å². The molecule has 130 valence electrons. The summed E-state index contributed by atoms with van der Waals surface area (Å²) >= 11 is 0. The lowest BCUT2D eigenvalue weighted by Gasteiger charge is -2.21. The summed E-state index contributed by atoms with van der Waals surface area (Å²) in [7, 11) is 1.85. The smallest absolute Gasteiger partial charge is 0.255 e. The third-order valence-electron chi connectivity index (χ3n) is 4.53. The Balaban J connectivity index is 1.77. The molecule has 2 aromatic rings. The van der Waals surface area contributed by atoms with Crippen molar-refractivity contribution in [3.8, 4) is 0 Å². The summed E-state index contributed by atoms with van der Waals surface area (Å²) in [6.07, 6.45) is 7.31. The molecule has 1 amide bonds. The minimum Gasteiger partial charge on any atom is -0.381 e. The molecule has 1 unspecified atom stereocenters. The first-order chi connectivity index (χ1) is 11.6. The van der Waals surface area contributed by atoms with E-state index < -0.39 is 0 Å². The first-order valence-corrected chi connectivity index (χ1v) is 8.53. The van der Waals surface area contributed by atoms with Gasteiger partial charge in [-0.25, -0.2) is 4.98 Å². The molecule has 0 radical (unpaired) electrons. The Morgan fingerprint density at radius 1 is 1.46 bits per heavy atom. The normalized spacial score (nSPS) is 17.0. The number of imidazole rings is 1. The van der Waals surface area contributed by atoms with E-state index in [1.807, 2.05) is 24.7 Å². The summed E-state index contributed by atoms with van der Waals surface area (Å²) in [5.74, 6) is 1.05. The van der Waals surface area contributed by atoms with Gasteiger partial charge < -0.3 is 14.6 Å². The number of amides is 1. The van der Waals surface area contributed by atoms with Gasteiger partial charge in [0.25, 0.3) is 5.91 Å². The third kappa shape index (κ3) is 3.36. The van der Waals surface area contributed by atoms with Crippen molar-refractivity contribution in [3.05, 3.63) is 35.7 Å². The lowest BCUT2D eigenvalue weighted by molar-refractivity contribution is 0.0831. The Morgan fingerprint density at radius 2 is 2.21 bits per heavy atom. The van der Waals surface area contributed by atoms with Crippen LogP contribution in [0.5, 0.6) is 0 Å². The summed E-state index contributed by atoms with van der Waals surface area (Å²) in [5.41, 5.74) is 1.54. The van der Waals surface area contributed by atoms with Crippen LogP contribution in [0.3, 0.4) is 0 Å². The molecule has 1 atom stereocenters. The van der Waals surface area contributed by atoms with Gasteiger partial charge in [0, 0.05) is 51.3 Å². The summed E-state index contributed by atoms with van der Waals surface area (Å²) in [6.45, 7) is 6.30. The van der Waals surface area contributed by atoms with Crippen molar-refractivity contribution in [2.24, 2.45) is 7.05 Å². The maximum atomic E-state index is 12.8. The van der Waals surface area contributed by atoms with E-state index in [4.69, 9.17) is 4.74 Å². The van der Waals surface area contributed by atoms with Crippen LogP contribution < -0.4 is 5.32 Å². The van der Waals surface area contributed by atoms with Gasteiger partial charge in [-0.05, 0) is 26.7 Å². The molecule has 7 heteroatoms. The fourth-order valence-corrected chi connectivity index (χ4v) is 3.26. The molecule has 0 bridgehead atoms. The van der Waals surface area contributed by atoms with E-state index in [9.17, 15) is 4.79 Å². The molecule has 2 aromatic heterocycles. The maximum absolute atomic E-state index is 12.8. The molecule has 0 aromatic carbocycles. The highest BCUT2D eigenvalue weighted by molar-refractivity contribution is 5.95. The summed E-state index contributed by atoms with van der Waals surface area (Å²) in [4.78, 5) is 17.2. The van der Waals surface area contributed by atoms with Crippen LogP contribution in [-0.4, -0.2) is 38.5 Å². The van der Waals surface area contributed by atoms with E-state index in [-0.39, 0.29) is 17.9 Å². The molecule has 7 nitrogen and oxygen atoms in total. The SMILES string of the molecule is CCn1ccnc1C(C)NC(=O)c1cn(C)nc1C1CCOCC1. The van der Waals surface area contributed by atoms with Crippen molar-refractivity contribution in [1.82, 2.24) is 24.6 Å². The van der Waals surface area contributed by atoms with Crippen LogP contribution in [-0.2, 0) is 18.3 Å². The van der Waals surface area contributed by atoms with Crippen LogP contribution in [0.2, 0.25) is 0 Å². The molecule has 1 aliphatic rings. The largest absolute Gasteiger partial charge is 0.381 e.